The van der Waals surface area contributed by atoms with Gasteiger partial charge in [0.25, 0.3) is 0 Å². The fraction of sp³-hybridized carbons (Fsp3) is 0.385. The molecule has 0 saturated carbocycles. The summed E-state index contributed by atoms with van der Waals surface area (Å²) in [5.41, 5.74) is 0. The third-order valence-corrected chi connectivity index (χ3v) is 1.93. The molecule has 0 nitrogen and oxygen atoms in total. The summed E-state index contributed by atoms with van der Waals surface area (Å²) in [6.45, 7) is 0. The minimum atomic E-state index is 1.09. The van der Waals surface area contributed by atoms with E-state index in [1.165, 1.54) is 12.8 Å². The highest BCUT2D eigenvalue weighted by atomic mass is 13.9. The van der Waals surface area contributed by atoms with Crippen molar-refractivity contribution < 1.29 is 0 Å². The maximum atomic E-state index is 3.16. The van der Waals surface area contributed by atoms with E-state index < -0.39 is 0 Å². The quantitative estimate of drug-likeness (QED) is 0.520. The smallest absolute Gasteiger partial charge is 0.0230 e. The second-order valence-electron chi connectivity index (χ2n) is 3.14. The summed E-state index contributed by atoms with van der Waals surface area (Å²) in [6, 6.07) is 0. The van der Waals surface area contributed by atoms with Crippen LogP contribution in [0.4, 0.5) is 0 Å². The molecule has 0 unspecified atom stereocenters. The zero-order valence-electron chi connectivity index (χ0n) is 8.08. The average Bonchev–Trinajstić information content (AvgIpc) is 2.18. The molecule has 0 aromatic heterocycles. The van der Waals surface area contributed by atoms with Crippen LogP contribution in [0, 0.1) is 6.08 Å². The van der Waals surface area contributed by atoms with Gasteiger partial charge < -0.3 is 0 Å². The zero-order valence-corrected chi connectivity index (χ0v) is 8.08. The monoisotopic (exact) mass is 173 g/mol. The fourth-order valence-corrected chi connectivity index (χ4v) is 1.19. The molecule has 0 spiro atoms. The second kappa shape index (κ2) is 7.60. The van der Waals surface area contributed by atoms with E-state index in [4.69, 9.17) is 0 Å². The molecule has 0 atom stereocenters. The molecular formula is C13H17. The van der Waals surface area contributed by atoms with E-state index in [0.717, 1.165) is 19.3 Å². The van der Waals surface area contributed by atoms with Gasteiger partial charge in [0.2, 0.25) is 0 Å². The topological polar surface area (TPSA) is 0 Å². The lowest BCUT2D eigenvalue weighted by Gasteiger charge is -1.87. The molecule has 0 amide bonds. The van der Waals surface area contributed by atoms with Crippen molar-refractivity contribution in [3.63, 3.8) is 0 Å². The van der Waals surface area contributed by atoms with Crippen LogP contribution in [0.2, 0.25) is 0 Å². The fourth-order valence-electron chi connectivity index (χ4n) is 1.19. The number of hydrogen-bond donors (Lipinski definition) is 0. The van der Waals surface area contributed by atoms with Gasteiger partial charge in [0, 0.05) is 0 Å². The highest BCUT2D eigenvalue weighted by molar-refractivity contribution is 5.04. The third-order valence-electron chi connectivity index (χ3n) is 1.93. The van der Waals surface area contributed by atoms with Gasteiger partial charge in [0.15, 0.2) is 0 Å². The minimum absolute atomic E-state index is 1.09. The summed E-state index contributed by atoms with van der Waals surface area (Å²) in [4.78, 5) is 0. The van der Waals surface area contributed by atoms with Gasteiger partial charge in [0.1, 0.15) is 0 Å². The Morgan fingerprint density at radius 1 is 0.769 bits per heavy atom. The Labute approximate surface area is 81.4 Å². The predicted octanol–water partition coefficient (Wildman–Crippen LogP) is 3.98. The highest BCUT2D eigenvalue weighted by Crippen LogP contribution is 2.00. The van der Waals surface area contributed by atoms with Crippen LogP contribution >= 0.6 is 0 Å². The van der Waals surface area contributed by atoms with Crippen LogP contribution in [0.25, 0.3) is 0 Å². The summed E-state index contributed by atoms with van der Waals surface area (Å²) >= 11 is 0. The Morgan fingerprint density at radius 3 is 2.46 bits per heavy atom. The first-order valence-corrected chi connectivity index (χ1v) is 5.04. The van der Waals surface area contributed by atoms with Crippen LogP contribution in [0.3, 0.4) is 0 Å². The van der Waals surface area contributed by atoms with Crippen molar-refractivity contribution >= 4 is 0 Å². The van der Waals surface area contributed by atoms with Gasteiger partial charge in [0.05, 0.1) is 0 Å². The molecule has 0 bridgehead atoms. The lowest BCUT2D eigenvalue weighted by Crippen LogP contribution is -1.67. The van der Waals surface area contributed by atoms with Crippen molar-refractivity contribution in [3.05, 3.63) is 48.6 Å². The molecule has 13 heavy (non-hydrogen) atoms. The van der Waals surface area contributed by atoms with Crippen LogP contribution < -0.4 is 0 Å². The van der Waals surface area contributed by atoms with Crippen molar-refractivity contribution in [1.29, 1.82) is 0 Å². The molecule has 0 aromatic carbocycles. The Hall–Kier alpha value is -1.04. The standard InChI is InChI=1S/C13H17/c1-2-4-6-8-10-12-13-11-9-7-5-3-1/h1-4,9,12-13H,5-8,10H2. The van der Waals surface area contributed by atoms with Crippen LogP contribution in [-0.2, 0) is 0 Å². The van der Waals surface area contributed by atoms with E-state index in [0.29, 0.717) is 0 Å². The van der Waals surface area contributed by atoms with E-state index >= 15 is 0 Å². The summed E-state index contributed by atoms with van der Waals surface area (Å²) in [6.07, 6.45) is 24.0. The summed E-state index contributed by atoms with van der Waals surface area (Å²) in [5, 5.41) is 0. The van der Waals surface area contributed by atoms with E-state index in [1.54, 1.807) is 0 Å². The van der Waals surface area contributed by atoms with Crippen molar-refractivity contribution in [1.82, 2.24) is 0 Å². The molecule has 0 saturated heterocycles. The predicted molar refractivity (Wildman–Crippen MR) is 58.3 cm³/mol. The Kier molecular flexibility index (Phi) is 5.87. The summed E-state index contributed by atoms with van der Waals surface area (Å²) < 4.78 is 0. The summed E-state index contributed by atoms with van der Waals surface area (Å²) in [7, 11) is 0. The van der Waals surface area contributed by atoms with Crippen molar-refractivity contribution in [2.24, 2.45) is 0 Å². The first kappa shape index (κ1) is 10.0. The van der Waals surface area contributed by atoms with Gasteiger partial charge >= 0.3 is 0 Å². The van der Waals surface area contributed by atoms with Crippen molar-refractivity contribution in [3.8, 4) is 0 Å². The van der Waals surface area contributed by atoms with Gasteiger partial charge in [-0.1, -0.05) is 42.5 Å². The Balaban J connectivity index is 2.38. The first-order chi connectivity index (χ1) is 6.50. The maximum Gasteiger partial charge on any atom is -0.0230 e. The molecule has 1 rings (SSSR count). The van der Waals surface area contributed by atoms with E-state index in [1.807, 2.05) is 6.08 Å². The molecule has 1 radical (unpaired) electrons. The van der Waals surface area contributed by atoms with E-state index in [-0.39, 0.29) is 0 Å². The minimum Gasteiger partial charge on any atom is -0.0845 e. The largest absolute Gasteiger partial charge is 0.0845 e. The van der Waals surface area contributed by atoms with Gasteiger partial charge in [-0.3, -0.25) is 0 Å². The number of hydrogen-bond acceptors (Lipinski definition) is 0. The highest BCUT2D eigenvalue weighted by Gasteiger charge is 1.80. The van der Waals surface area contributed by atoms with Gasteiger partial charge in [-0.25, -0.2) is 0 Å². The molecule has 69 valence electrons. The molecular weight excluding hydrogens is 156 g/mol. The van der Waals surface area contributed by atoms with Crippen molar-refractivity contribution in [2.45, 2.75) is 32.1 Å². The van der Waals surface area contributed by atoms with Crippen LogP contribution in [-0.4, -0.2) is 0 Å². The third kappa shape index (κ3) is 6.15. The molecule has 0 N–H and O–H groups in total. The SMILES string of the molecule is [C]1=CCCC=CC=CCCCC=C1. The Bertz CT molecular complexity index is 192. The number of allylic oxidation sites excluding steroid dienone is 8. The molecule has 1 aliphatic carbocycles. The van der Waals surface area contributed by atoms with Gasteiger partial charge in [-0.15, -0.1) is 0 Å². The summed E-state index contributed by atoms with van der Waals surface area (Å²) in [5.74, 6) is 0. The lowest BCUT2D eigenvalue weighted by atomic mass is 10.2. The Morgan fingerprint density at radius 2 is 1.54 bits per heavy atom. The second-order valence-corrected chi connectivity index (χ2v) is 3.14. The normalized spacial score (nSPS) is 19.1. The molecule has 1 aliphatic rings. The van der Waals surface area contributed by atoms with Crippen LogP contribution in [0.1, 0.15) is 32.1 Å². The van der Waals surface area contributed by atoms with Gasteiger partial charge in [-0.05, 0) is 38.2 Å². The van der Waals surface area contributed by atoms with Crippen molar-refractivity contribution in [2.75, 3.05) is 0 Å². The molecule has 0 heteroatoms. The first-order valence-electron chi connectivity index (χ1n) is 5.04. The maximum absolute atomic E-state index is 3.16. The van der Waals surface area contributed by atoms with E-state index in [9.17, 15) is 0 Å². The average molecular weight is 173 g/mol. The molecule has 0 heterocycles. The zero-order chi connectivity index (χ0) is 9.19. The number of rotatable bonds is 0. The molecule has 0 aromatic rings. The molecule has 0 fully saturated rings. The lowest BCUT2D eigenvalue weighted by molar-refractivity contribution is 0.868. The van der Waals surface area contributed by atoms with Gasteiger partial charge in [-0.2, -0.15) is 0 Å². The van der Waals surface area contributed by atoms with Crippen LogP contribution in [0.5, 0.6) is 0 Å². The van der Waals surface area contributed by atoms with E-state index in [2.05, 4.69) is 42.5 Å². The van der Waals surface area contributed by atoms with Crippen LogP contribution in [0.15, 0.2) is 42.5 Å². The molecule has 0 aliphatic heterocycles.